The second-order valence-electron chi connectivity index (χ2n) is 10.1. The Morgan fingerprint density at radius 2 is 1.76 bits per heavy atom. The first-order valence-corrected chi connectivity index (χ1v) is 15.4. The van der Waals surface area contributed by atoms with Crippen LogP contribution in [-0.2, 0) is 25.5 Å². The SMILES string of the molecule is COc1c(C(C)(C)C)cc(-c2ccc(C)[nH]c2=O)c2ncc(N(CCCNS(C)(=O)=O)S(C)(=O)=O)cc12. The summed E-state index contributed by atoms with van der Waals surface area (Å²) >= 11 is 0. The van der Waals surface area contributed by atoms with E-state index < -0.39 is 20.0 Å². The molecule has 0 aliphatic carbocycles. The molecule has 0 aliphatic heterocycles. The summed E-state index contributed by atoms with van der Waals surface area (Å²) in [7, 11) is -5.56. The number of aromatic amines is 1. The van der Waals surface area contributed by atoms with Gasteiger partial charge in [-0.25, -0.2) is 21.6 Å². The molecule has 0 spiro atoms. The van der Waals surface area contributed by atoms with Gasteiger partial charge in [0, 0.05) is 40.9 Å². The van der Waals surface area contributed by atoms with Crippen LogP contribution in [0.2, 0.25) is 0 Å². The Hall–Kier alpha value is -2.96. The Labute approximate surface area is 218 Å². The van der Waals surface area contributed by atoms with E-state index >= 15 is 0 Å². The van der Waals surface area contributed by atoms with Crippen LogP contribution in [0.5, 0.6) is 5.75 Å². The van der Waals surface area contributed by atoms with Gasteiger partial charge in [-0.15, -0.1) is 0 Å². The Balaban J connectivity index is 2.25. The lowest BCUT2D eigenvalue weighted by Crippen LogP contribution is -2.33. The smallest absolute Gasteiger partial charge is 0.256 e. The maximum Gasteiger partial charge on any atom is 0.256 e. The van der Waals surface area contributed by atoms with Crippen molar-refractivity contribution in [2.75, 3.05) is 37.0 Å². The largest absolute Gasteiger partial charge is 0.496 e. The van der Waals surface area contributed by atoms with E-state index in [1.165, 1.54) is 10.5 Å². The monoisotopic (exact) mass is 550 g/mol. The van der Waals surface area contributed by atoms with Crippen molar-refractivity contribution in [2.45, 2.75) is 39.5 Å². The number of fused-ring (bicyclic) bond motifs is 1. The molecule has 0 radical (unpaired) electrons. The average Bonchev–Trinajstić information content (AvgIpc) is 2.75. The highest BCUT2D eigenvalue weighted by Crippen LogP contribution is 2.42. The minimum atomic E-state index is -3.71. The lowest BCUT2D eigenvalue weighted by Gasteiger charge is -2.26. The summed E-state index contributed by atoms with van der Waals surface area (Å²) in [6.07, 6.45) is 3.82. The van der Waals surface area contributed by atoms with Crippen LogP contribution in [0.25, 0.3) is 22.0 Å². The number of nitrogens with one attached hydrogen (secondary N) is 2. The quantitative estimate of drug-likeness (QED) is 0.391. The second-order valence-corrected chi connectivity index (χ2v) is 13.8. The summed E-state index contributed by atoms with van der Waals surface area (Å²) < 4.78 is 57.5. The van der Waals surface area contributed by atoms with Crippen LogP contribution < -0.4 is 19.3 Å². The molecule has 10 nitrogen and oxygen atoms in total. The molecule has 1 aromatic carbocycles. The lowest BCUT2D eigenvalue weighted by molar-refractivity contribution is 0.402. The molecule has 0 amide bonds. The molecule has 12 heteroatoms. The molecule has 0 aliphatic rings. The molecule has 2 aromatic heterocycles. The zero-order chi connectivity index (χ0) is 27.8. The van der Waals surface area contributed by atoms with Crippen LogP contribution >= 0.6 is 0 Å². The zero-order valence-corrected chi connectivity index (χ0v) is 23.8. The van der Waals surface area contributed by atoms with E-state index in [0.29, 0.717) is 33.5 Å². The van der Waals surface area contributed by atoms with Gasteiger partial charge in [-0.05, 0) is 43.0 Å². The van der Waals surface area contributed by atoms with Gasteiger partial charge in [0.1, 0.15) is 5.75 Å². The van der Waals surface area contributed by atoms with Crippen LogP contribution in [-0.4, -0.2) is 59.5 Å². The van der Waals surface area contributed by atoms with Gasteiger partial charge in [-0.3, -0.25) is 14.1 Å². The molecule has 2 heterocycles. The van der Waals surface area contributed by atoms with Gasteiger partial charge in [0.2, 0.25) is 20.0 Å². The first kappa shape index (κ1) is 28.6. The molecule has 0 saturated carbocycles. The molecule has 0 saturated heterocycles. The number of benzene rings is 1. The van der Waals surface area contributed by atoms with Gasteiger partial charge < -0.3 is 9.72 Å². The van der Waals surface area contributed by atoms with E-state index in [9.17, 15) is 21.6 Å². The number of ether oxygens (including phenoxy) is 1. The van der Waals surface area contributed by atoms with Crippen molar-refractivity contribution in [1.82, 2.24) is 14.7 Å². The molecular weight excluding hydrogens is 516 g/mol. The normalized spacial score (nSPS) is 12.6. The number of H-pyrrole nitrogens is 1. The lowest BCUT2D eigenvalue weighted by atomic mass is 9.83. The summed E-state index contributed by atoms with van der Waals surface area (Å²) in [6, 6.07) is 7.15. The van der Waals surface area contributed by atoms with Gasteiger partial charge in [0.05, 0.1) is 37.0 Å². The number of pyridine rings is 2. The summed E-state index contributed by atoms with van der Waals surface area (Å²) in [5.41, 5.74) is 2.79. The molecule has 0 unspecified atom stereocenters. The first-order valence-electron chi connectivity index (χ1n) is 11.7. The van der Waals surface area contributed by atoms with Gasteiger partial charge >= 0.3 is 0 Å². The third-order valence-corrected chi connectivity index (χ3v) is 7.78. The molecular formula is C25H34N4O6S2. The predicted molar refractivity (Wildman–Crippen MR) is 147 cm³/mol. The summed E-state index contributed by atoms with van der Waals surface area (Å²) in [4.78, 5) is 20.3. The highest BCUT2D eigenvalue weighted by Gasteiger charge is 2.26. The van der Waals surface area contributed by atoms with Crippen molar-refractivity contribution >= 4 is 36.6 Å². The molecule has 0 fully saturated rings. The van der Waals surface area contributed by atoms with Gasteiger partial charge in [0.25, 0.3) is 5.56 Å². The maximum absolute atomic E-state index is 12.9. The second kappa shape index (κ2) is 10.4. The van der Waals surface area contributed by atoms with Gasteiger partial charge in [-0.2, -0.15) is 0 Å². The minimum absolute atomic E-state index is 0.0420. The van der Waals surface area contributed by atoms with E-state index in [1.807, 2.05) is 32.9 Å². The van der Waals surface area contributed by atoms with Crippen LogP contribution in [0, 0.1) is 6.92 Å². The van der Waals surface area contributed by atoms with Crippen molar-refractivity contribution in [3.63, 3.8) is 0 Å². The number of hydrogen-bond donors (Lipinski definition) is 2. The standard InChI is InChI=1S/C25H34N4O6S2/c1-16-9-10-18(24(30)28-16)19-14-21(25(2,3)4)23(35-5)20-13-17(15-26-22(19)20)29(37(7,33)34)12-8-11-27-36(6,31)32/h9-10,13-15,27H,8,11-12H2,1-7H3,(H,28,30). The topological polar surface area (TPSA) is 139 Å². The Kier molecular flexibility index (Phi) is 8.06. The van der Waals surface area contributed by atoms with Gasteiger partial charge in [-0.1, -0.05) is 20.8 Å². The molecule has 3 aromatic rings. The highest BCUT2D eigenvalue weighted by atomic mass is 32.2. The number of anilines is 1. The van der Waals surface area contributed by atoms with Crippen LogP contribution in [0.1, 0.15) is 38.4 Å². The van der Waals surface area contributed by atoms with Gasteiger partial charge in [0.15, 0.2) is 0 Å². The van der Waals surface area contributed by atoms with Crippen molar-refractivity contribution in [1.29, 1.82) is 0 Å². The van der Waals surface area contributed by atoms with Crippen LogP contribution in [0.3, 0.4) is 0 Å². The molecule has 0 bridgehead atoms. The van der Waals surface area contributed by atoms with Crippen molar-refractivity contribution in [3.8, 4) is 16.9 Å². The van der Waals surface area contributed by atoms with E-state index in [1.54, 1.807) is 26.2 Å². The average molecular weight is 551 g/mol. The molecule has 3 rings (SSSR count). The zero-order valence-electron chi connectivity index (χ0n) is 22.2. The number of nitrogens with zero attached hydrogens (tertiary/aromatic N) is 2. The molecule has 2 N–H and O–H groups in total. The third-order valence-electron chi connectivity index (χ3n) is 5.85. The minimum Gasteiger partial charge on any atom is -0.496 e. The first-order chi connectivity index (χ1) is 17.0. The number of sulfonamides is 2. The van der Waals surface area contributed by atoms with E-state index in [0.717, 1.165) is 23.8 Å². The fourth-order valence-electron chi connectivity index (χ4n) is 4.13. The number of rotatable bonds is 9. The summed E-state index contributed by atoms with van der Waals surface area (Å²) in [5, 5.41) is 0.560. The predicted octanol–water partition coefficient (Wildman–Crippen LogP) is 2.91. The van der Waals surface area contributed by atoms with E-state index in [2.05, 4.69) is 14.7 Å². The van der Waals surface area contributed by atoms with Crippen molar-refractivity contribution in [3.05, 3.63) is 52.1 Å². The molecule has 0 atom stereocenters. The highest BCUT2D eigenvalue weighted by molar-refractivity contribution is 7.92. The van der Waals surface area contributed by atoms with Crippen LogP contribution in [0.4, 0.5) is 5.69 Å². The van der Waals surface area contributed by atoms with Crippen molar-refractivity contribution in [2.24, 2.45) is 0 Å². The number of methoxy groups -OCH3 is 1. The fourth-order valence-corrected chi connectivity index (χ4v) is 5.59. The fraction of sp³-hybridized carbons (Fsp3) is 0.440. The third kappa shape index (κ3) is 6.68. The Morgan fingerprint density at radius 3 is 2.30 bits per heavy atom. The Bertz CT molecular complexity index is 1590. The maximum atomic E-state index is 12.9. The summed E-state index contributed by atoms with van der Waals surface area (Å²) in [5.74, 6) is 0.538. The number of aromatic nitrogens is 2. The molecule has 202 valence electrons. The van der Waals surface area contributed by atoms with Crippen LogP contribution in [0.15, 0.2) is 35.3 Å². The van der Waals surface area contributed by atoms with E-state index in [4.69, 9.17) is 4.74 Å². The molecule has 37 heavy (non-hydrogen) atoms. The van der Waals surface area contributed by atoms with E-state index in [-0.39, 0.29) is 30.5 Å². The number of hydrogen-bond acceptors (Lipinski definition) is 7. The van der Waals surface area contributed by atoms with Crippen molar-refractivity contribution < 1.29 is 21.6 Å². The number of aryl methyl sites for hydroxylation is 1. The summed E-state index contributed by atoms with van der Waals surface area (Å²) in [6.45, 7) is 8.00. The Morgan fingerprint density at radius 1 is 1.08 bits per heavy atom.